The Kier molecular flexibility index (Phi) is 6.32. The molecule has 2 heteroatoms. The molecule has 4 aliphatic rings. The highest BCUT2D eigenvalue weighted by Gasteiger charge is 2.58. The van der Waals surface area contributed by atoms with E-state index in [4.69, 9.17) is 0 Å². The smallest absolute Gasteiger partial charge is 0.0761 e. The lowest BCUT2D eigenvalue weighted by atomic mass is 9.48. The second kappa shape index (κ2) is 8.32. The lowest BCUT2D eigenvalue weighted by molar-refractivity contribution is 0.00212. The molecule has 4 rings (SSSR count). The molecule has 0 aromatic heterocycles. The molecule has 0 amide bonds. The summed E-state index contributed by atoms with van der Waals surface area (Å²) in [6.45, 7) is 18.8. The highest BCUT2D eigenvalue weighted by molar-refractivity contribution is 5.39. The Bertz CT molecular complexity index is 735. The summed E-state index contributed by atoms with van der Waals surface area (Å²) < 4.78 is 0. The quantitative estimate of drug-likeness (QED) is 0.467. The number of fused-ring (bicyclic) bond motifs is 4. The van der Waals surface area contributed by atoms with Gasteiger partial charge in [-0.05, 0) is 102 Å². The van der Waals surface area contributed by atoms with Crippen molar-refractivity contribution in [2.75, 3.05) is 0 Å². The minimum atomic E-state index is -0.309. The van der Waals surface area contributed by atoms with Gasteiger partial charge in [0.2, 0.25) is 0 Å². The first kappa shape index (κ1) is 23.6. The van der Waals surface area contributed by atoms with Crippen molar-refractivity contribution in [1.29, 1.82) is 0 Å². The Morgan fingerprint density at radius 1 is 0.935 bits per heavy atom. The van der Waals surface area contributed by atoms with Crippen molar-refractivity contribution in [3.05, 3.63) is 23.3 Å². The molecule has 0 radical (unpaired) electrons. The van der Waals surface area contributed by atoms with Crippen LogP contribution in [-0.4, -0.2) is 22.4 Å². The van der Waals surface area contributed by atoms with Crippen molar-refractivity contribution in [3.63, 3.8) is 0 Å². The van der Waals surface area contributed by atoms with Gasteiger partial charge in [0.05, 0.1) is 12.2 Å². The minimum absolute atomic E-state index is 0.181. The SMILES string of the molecule is C=C1C(O)CCC2(C)C1CCC1=C3C(O)CC(C(C)CCC(C)C(C)C)C3(C)CCC12. The summed E-state index contributed by atoms with van der Waals surface area (Å²) in [6, 6.07) is 0. The van der Waals surface area contributed by atoms with Crippen LogP contribution in [0.5, 0.6) is 0 Å². The monoisotopic (exact) mass is 428 g/mol. The van der Waals surface area contributed by atoms with Crippen molar-refractivity contribution in [2.45, 2.75) is 112 Å². The molecule has 2 nitrogen and oxygen atoms in total. The molecule has 0 heterocycles. The minimum Gasteiger partial charge on any atom is -0.389 e. The van der Waals surface area contributed by atoms with Crippen LogP contribution >= 0.6 is 0 Å². The summed E-state index contributed by atoms with van der Waals surface area (Å²) in [4.78, 5) is 0. The van der Waals surface area contributed by atoms with Gasteiger partial charge in [0, 0.05) is 0 Å². The van der Waals surface area contributed by atoms with E-state index in [0.717, 1.165) is 49.5 Å². The highest BCUT2D eigenvalue weighted by Crippen LogP contribution is 2.66. The van der Waals surface area contributed by atoms with Crippen LogP contribution in [0, 0.1) is 46.3 Å². The molecule has 3 saturated carbocycles. The number of rotatable bonds is 5. The van der Waals surface area contributed by atoms with E-state index >= 15 is 0 Å². The molecule has 176 valence electrons. The van der Waals surface area contributed by atoms with Crippen molar-refractivity contribution in [2.24, 2.45) is 46.3 Å². The summed E-state index contributed by atoms with van der Waals surface area (Å²) in [7, 11) is 0. The largest absolute Gasteiger partial charge is 0.389 e. The fourth-order valence-electron chi connectivity index (χ4n) is 8.56. The van der Waals surface area contributed by atoms with Crippen LogP contribution in [0.1, 0.15) is 99.3 Å². The van der Waals surface area contributed by atoms with Gasteiger partial charge in [-0.25, -0.2) is 0 Å². The number of hydrogen-bond donors (Lipinski definition) is 2. The molecule has 0 spiro atoms. The number of hydrogen-bond acceptors (Lipinski definition) is 2. The van der Waals surface area contributed by atoms with E-state index in [2.05, 4.69) is 48.1 Å². The molecule has 2 N–H and O–H groups in total. The maximum Gasteiger partial charge on any atom is 0.0761 e. The zero-order valence-electron chi connectivity index (χ0n) is 21.1. The van der Waals surface area contributed by atoms with E-state index in [1.54, 1.807) is 5.57 Å². The van der Waals surface area contributed by atoms with Crippen LogP contribution in [0.25, 0.3) is 0 Å². The Labute approximate surface area is 191 Å². The third-order valence-corrected chi connectivity index (χ3v) is 11.0. The van der Waals surface area contributed by atoms with E-state index < -0.39 is 0 Å². The van der Waals surface area contributed by atoms with Crippen molar-refractivity contribution in [3.8, 4) is 0 Å². The fourth-order valence-corrected chi connectivity index (χ4v) is 8.56. The van der Waals surface area contributed by atoms with Gasteiger partial charge >= 0.3 is 0 Å². The second-order valence-electron chi connectivity index (χ2n) is 12.8. The summed E-state index contributed by atoms with van der Waals surface area (Å²) in [5.41, 5.74) is 4.56. The van der Waals surface area contributed by atoms with E-state index in [1.165, 1.54) is 31.3 Å². The average Bonchev–Trinajstić information content (AvgIpc) is 2.99. The Balaban J connectivity index is 1.60. The predicted molar refractivity (Wildman–Crippen MR) is 130 cm³/mol. The van der Waals surface area contributed by atoms with Crippen molar-refractivity contribution in [1.82, 2.24) is 0 Å². The summed E-state index contributed by atoms with van der Waals surface area (Å²) in [6.07, 6.45) is 9.65. The van der Waals surface area contributed by atoms with Gasteiger partial charge in [-0.2, -0.15) is 0 Å². The third kappa shape index (κ3) is 3.68. The van der Waals surface area contributed by atoms with E-state index in [1.807, 2.05) is 0 Å². The molecule has 31 heavy (non-hydrogen) atoms. The van der Waals surface area contributed by atoms with Gasteiger partial charge in [-0.15, -0.1) is 0 Å². The molecule has 3 fully saturated rings. The Hall–Kier alpha value is -0.600. The second-order valence-corrected chi connectivity index (χ2v) is 12.8. The third-order valence-electron chi connectivity index (χ3n) is 11.0. The van der Waals surface area contributed by atoms with Crippen molar-refractivity contribution < 1.29 is 10.2 Å². The van der Waals surface area contributed by atoms with E-state index in [9.17, 15) is 10.2 Å². The zero-order valence-corrected chi connectivity index (χ0v) is 21.1. The molecular formula is C29H48O2. The topological polar surface area (TPSA) is 40.5 Å². The molecular weight excluding hydrogens is 380 g/mol. The average molecular weight is 429 g/mol. The number of aliphatic hydroxyl groups is 2. The first-order valence-corrected chi connectivity index (χ1v) is 13.3. The first-order valence-electron chi connectivity index (χ1n) is 13.3. The number of aliphatic hydroxyl groups excluding tert-OH is 2. The molecule has 0 aromatic rings. The predicted octanol–water partition coefficient (Wildman–Crippen LogP) is 6.92. The van der Waals surface area contributed by atoms with Gasteiger partial charge in [-0.3, -0.25) is 0 Å². The van der Waals surface area contributed by atoms with Crippen LogP contribution < -0.4 is 0 Å². The molecule has 0 saturated heterocycles. The number of allylic oxidation sites excluding steroid dienone is 1. The van der Waals surface area contributed by atoms with Gasteiger partial charge in [0.15, 0.2) is 0 Å². The summed E-state index contributed by atoms with van der Waals surface area (Å²) in [5.74, 6) is 3.83. The van der Waals surface area contributed by atoms with Crippen LogP contribution in [0.3, 0.4) is 0 Å². The summed E-state index contributed by atoms with van der Waals surface area (Å²) >= 11 is 0. The van der Waals surface area contributed by atoms with E-state index in [0.29, 0.717) is 23.7 Å². The van der Waals surface area contributed by atoms with Crippen LogP contribution in [-0.2, 0) is 0 Å². The van der Waals surface area contributed by atoms with Crippen molar-refractivity contribution >= 4 is 0 Å². The molecule has 4 aliphatic carbocycles. The highest BCUT2D eigenvalue weighted by atomic mass is 16.3. The fraction of sp³-hybridized carbons (Fsp3) is 0.862. The van der Waals surface area contributed by atoms with Crippen LogP contribution in [0.15, 0.2) is 23.3 Å². The van der Waals surface area contributed by atoms with Gasteiger partial charge in [-0.1, -0.05) is 66.5 Å². The Morgan fingerprint density at radius 3 is 2.32 bits per heavy atom. The summed E-state index contributed by atoms with van der Waals surface area (Å²) in [5, 5.41) is 21.8. The van der Waals surface area contributed by atoms with Crippen LogP contribution in [0.2, 0.25) is 0 Å². The lowest BCUT2D eigenvalue weighted by Gasteiger charge is -2.57. The molecule has 9 unspecified atom stereocenters. The molecule has 0 aliphatic heterocycles. The van der Waals surface area contributed by atoms with Gasteiger partial charge < -0.3 is 10.2 Å². The maximum atomic E-state index is 11.4. The normalized spacial score (nSPS) is 44.7. The lowest BCUT2D eigenvalue weighted by Crippen LogP contribution is -2.49. The Morgan fingerprint density at radius 2 is 1.65 bits per heavy atom. The van der Waals surface area contributed by atoms with Crippen LogP contribution in [0.4, 0.5) is 0 Å². The molecule has 0 aromatic carbocycles. The molecule has 0 bridgehead atoms. The standard InChI is InChI=1S/C29H48O2/c1-17(2)18(3)8-9-19(4)24-16-26(31)27-21-10-11-22-20(5)25(30)13-15-28(22,6)23(21)12-14-29(24,27)7/h17-19,22-26,30-31H,5,8-16H2,1-4,6-7H3. The van der Waals surface area contributed by atoms with Gasteiger partial charge in [0.1, 0.15) is 0 Å². The first-order chi connectivity index (χ1) is 14.5. The maximum absolute atomic E-state index is 11.4. The van der Waals surface area contributed by atoms with Gasteiger partial charge in [0.25, 0.3) is 0 Å². The molecule has 9 atom stereocenters. The zero-order chi connectivity index (χ0) is 22.7. The van der Waals surface area contributed by atoms with E-state index in [-0.39, 0.29) is 23.0 Å².